The summed E-state index contributed by atoms with van der Waals surface area (Å²) in [5.74, 6) is -1.12. The van der Waals surface area contributed by atoms with Gasteiger partial charge in [0.1, 0.15) is 11.8 Å². The van der Waals surface area contributed by atoms with Crippen LogP contribution in [0.4, 0.5) is 13.2 Å². The van der Waals surface area contributed by atoms with Crippen LogP contribution >= 0.6 is 0 Å². The number of halogens is 3. The van der Waals surface area contributed by atoms with Crippen molar-refractivity contribution in [3.05, 3.63) is 54.6 Å². The van der Waals surface area contributed by atoms with E-state index in [0.29, 0.717) is 30.3 Å². The van der Waals surface area contributed by atoms with Crippen LogP contribution in [0.3, 0.4) is 0 Å². The molecule has 40 heavy (non-hydrogen) atoms. The topological polar surface area (TPSA) is 113 Å². The zero-order valence-electron chi connectivity index (χ0n) is 22.5. The summed E-state index contributed by atoms with van der Waals surface area (Å²) in [7, 11) is 2.02. The number of fused-ring (bicyclic) bond motifs is 1. The first-order valence-corrected chi connectivity index (χ1v) is 13.2. The van der Waals surface area contributed by atoms with E-state index in [9.17, 15) is 22.8 Å². The number of nitrogens with zero attached hydrogens (tertiary/aromatic N) is 2. The second-order valence-electron chi connectivity index (χ2n) is 9.90. The summed E-state index contributed by atoms with van der Waals surface area (Å²) in [6.07, 6.45) is 1.37. The Bertz CT molecular complexity index is 1300. The normalized spacial score (nSPS) is 14.6. The van der Waals surface area contributed by atoms with Gasteiger partial charge >= 0.3 is 12.1 Å². The number of carbonyl (C=O) groups is 3. The third kappa shape index (κ3) is 8.90. The molecule has 1 amide bonds. The third-order valence-electron chi connectivity index (χ3n) is 6.69. The van der Waals surface area contributed by atoms with Gasteiger partial charge in [-0.25, -0.2) is 9.78 Å². The molecule has 2 heterocycles. The van der Waals surface area contributed by atoms with Crippen molar-refractivity contribution in [2.75, 3.05) is 20.1 Å². The number of oxazole rings is 1. The fraction of sp³-hybridized carbons (Fsp3) is 0.448. The molecule has 1 saturated heterocycles. The predicted octanol–water partition coefficient (Wildman–Crippen LogP) is 5.78. The second kappa shape index (κ2) is 14.1. The Balaban J connectivity index is 0.000000559. The Morgan fingerprint density at radius 1 is 1.10 bits per heavy atom. The largest absolute Gasteiger partial charge is 0.490 e. The first-order valence-electron chi connectivity index (χ1n) is 13.2. The summed E-state index contributed by atoms with van der Waals surface area (Å²) < 4.78 is 37.9. The Morgan fingerprint density at radius 2 is 1.77 bits per heavy atom. The summed E-state index contributed by atoms with van der Waals surface area (Å²) in [6, 6.07) is 14.2. The number of rotatable bonds is 11. The van der Waals surface area contributed by atoms with Crippen molar-refractivity contribution < 1.29 is 37.1 Å². The van der Waals surface area contributed by atoms with E-state index < -0.39 is 12.1 Å². The average molecular weight is 562 g/mol. The Kier molecular flexibility index (Phi) is 10.8. The summed E-state index contributed by atoms with van der Waals surface area (Å²) in [5.41, 5.74) is 0.969. The van der Waals surface area contributed by atoms with Crippen LogP contribution in [0.1, 0.15) is 57.4 Å². The molecule has 1 aliphatic rings. The molecule has 1 fully saturated rings. The molecule has 1 aromatic heterocycles. The standard InChI is InChI=1S/C27H33N3O3.C2HF3O2/c1-3-23(31)11-5-4-6-12-24(29-26(32)22-17-30(2)18-22)27-28-16-25(33-27)21-14-13-19-9-7-8-10-20(19)15-21;3-2(4,5)1(6)7/h7-10,13-16,22,24H,3-6,11-12,17-18H2,1-2H3,(H,29,32);(H,6,7)/t24-;/m0./s1. The lowest BCUT2D eigenvalue weighted by molar-refractivity contribution is -0.192. The number of carboxylic acids is 1. The van der Waals surface area contributed by atoms with E-state index in [0.717, 1.165) is 49.7 Å². The highest BCUT2D eigenvalue weighted by Gasteiger charge is 2.38. The maximum atomic E-state index is 12.7. The van der Waals surface area contributed by atoms with Gasteiger partial charge in [0.15, 0.2) is 5.76 Å². The van der Waals surface area contributed by atoms with Crippen LogP contribution in [-0.2, 0) is 14.4 Å². The van der Waals surface area contributed by atoms with E-state index in [1.165, 1.54) is 5.39 Å². The fourth-order valence-electron chi connectivity index (χ4n) is 4.36. The maximum Gasteiger partial charge on any atom is 0.490 e. The van der Waals surface area contributed by atoms with Gasteiger partial charge in [-0.3, -0.25) is 9.59 Å². The van der Waals surface area contributed by atoms with Crippen LogP contribution in [0.25, 0.3) is 22.1 Å². The second-order valence-corrected chi connectivity index (χ2v) is 9.90. The number of amides is 1. The van der Waals surface area contributed by atoms with Gasteiger partial charge in [0, 0.05) is 31.5 Å². The van der Waals surface area contributed by atoms with E-state index in [-0.39, 0.29) is 17.9 Å². The average Bonchev–Trinajstić information content (AvgIpc) is 3.40. The van der Waals surface area contributed by atoms with Crippen LogP contribution in [-0.4, -0.2) is 59.0 Å². The van der Waals surface area contributed by atoms with Crippen molar-refractivity contribution in [1.82, 2.24) is 15.2 Å². The van der Waals surface area contributed by atoms with Crippen molar-refractivity contribution in [2.45, 2.75) is 57.7 Å². The zero-order chi connectivity index (χ0) is 29.3. The monoisotopic (exact) mass is 561 g/mol. The predicted molar refractivity (Wildman–Crippen MR) is 143 cm³/mol. The van der Waals surface area contributed by atoms with Gasteiger partial charge in [-0.1, -0.05) is 56.2 Å². The number of unbranched alkanes of at least 4 members (excludes halogenated alkanes) is 2. The molecule has 8 nitrogen and oxygen atoms in total. The van der Waals surface area contributed by atoms with E-state index >= 15 is 0 Å². The molecule has 0 spiro atoms. The van der Waals surface area contributed by atoms with Gasteiger partial charge in [0.2, 0.25) is 11.8 Å². The van der Waals surface area contributed by atoms with Crippen LogP contribution in [0, 0.1) is 5.92 Å². The number of hydrogen-bond donors (Lipinski definition) is 2. The molecule has 1 aliphatic heterocycles. The highest BCUT2D eigenvalue weighted by atomic mass is 19.4. The number of carboxylic acid groups (broad SMARTS) is 1. The quantitative estimate of drug-likeness (QED) is 0.286. The molecule has 4 rings (SSSR count). The van der Waals surface area contributed by atoms with E-state index in [2.05, 4.69) is 39.5 Å². The van der Waals surface area contributed by atoms with E-state index in [1.54, 1.807) is 6.20 Å². The van der Waals surface area contributed by atoms with Crippen molar-refractivity contribution in [3.8, 4) is 11.3 Å². The Labute approximate surface area is 230 Å². The van der Waals surface area contributed by atoms with Gasteiger partial charge in [-0.2, -0.15) is 13.2 Å². The molecule has 0 bridgehead atoms. The molecule has 2 N–H and O–H groups in total. The molecule has 0 radical (unpaired) electrons. The number of aromatic nitrogens is 1. The van der Waals surface area contributed by atoms with E-state index in [1.807, 2.05) is 32.2 Å². The maximum absolute atomic E-state index is 12.7. The van der Waals surface area contributed by atoms with Crippen molar-refractivity contribution in [3.63, 3.8) is 0 Å². The molecular formula is C29H34F3N3O5. The molecule has 2 aromatic carbocycles. The summed E-state index contributed by atoms with van der Waals surface area (Å²) in [4.78, 5) is 39.9. The Hall–Kier alpha value is -3.73. The van der Waals surface area contributed by atoms with Crippen LogP contribution in [0.15, 0.2) is 53.1 Å². The number of likely N-dealkylation sites (tertiary alicyclic amines) is 1. The minimum Gasteiger partial charge on any atom is -0.475 e. The number of alkyl halides is 3. The van der Waals surface area contributed by atoms with E-state index in [4.69, 9.17) is 14.3 Å². The third-order valence-corrected chi connectivity index (χ3v) is 6.69. The number of nitrogens with one attached hydrogen (secondary N) is 1. The summed E-state index contributed by atoms with van der Waals surface area (Å²) in [6.45, 7) is 3.47. The van der Waals surface area contributed by atoms with Crippen LogP contribution in [0.5, 0.6) is 0 Å². The first kappa shape index (κ1) is 30.8. The number of ketones is 1. The fourth-order valence-corrected chi connectivity index (χ4v) is 4.36. The summed E-state index contributed by atoms with van der Waals surface area (Å²) in [5, 5.41) is 12.6. The van der Waals surface area contributed by atoms with Gasteiger partial charge in [-0.15, -0.1) is 0 Å². The van der Waals surface area contributed by atoms with Crippen molar-refractivity contribution in [1.29, 1.82) is 0 Å². The van der Waals surface area contributed by atoms with Crippen LogP contribution < -0.4 is 5.32 Å². The highest BCUT2D eigenvalue weighted by Crippen LogP contribution is 2.29. The van der Waals surface area contributed by atoms with Gasteiger partial charge in [0.05, 0.1) is 12.1 Å². The number of Topliss-reactive ketones (excluding diaryl/α,β-unsaturated/α-hetero) is 1. The first-order chi connectivity index (χ1) is 19.0. The van der Waals surface area contributed by atoms with Crippen molar-refractivity contribution >= 4 is 28.4 Å². The lowest BCUT2D eigenvalue weighted by Crippen LogP contribution is -2.52. The molecule has 0 saturated carbocycles. The van der Waals surface area contributed by atoms with Crippen LogP contribution in [0.2, 0.25) is 0 Å². The van der Waals surface area contributed by atoms with Crippen molar-refractivity contribution in [2.24, 2.45) is 5.92 Å². The summed E-state index contributed by atoms with van der Waals surface area (Å²) >= 11 is 0. The molecular weight excluding hydrogens is 527 g/mol. The molecule has 0 unspecified atom stereocenters. The molecule has 3 aromatic rings. The SMILES string of the molecule is CCC(=O)CCCCC[C@H](NC(=O)C1CN(C)C1)c1ncc(-c2ccc3ccccc3c2)o1.O=C(O)C(F)(F)F. The lowest BCUT2D eigenvalue weighted by atomic mass is 9.99. The lowest BCUT2D eigenvalue weighted by Gasteiger charge is -2.35. The minimum absolute atomic E-state index is 0.0228. The minimum atomic E-state index is -5.08. The van der Waals surface area contributed by atoms with Gasteiger partial charge < -0.3 is 19.7 Å². The molecule has 0 aliphatic carbocycles. The molecule has 216 valence electrons. The Morgan fingerprint density at radius 3 is 2.40 bits per heavy atom. The molecule has 1 atom stereocenters. The highest BCUT2D eigenvalue weighted by molar-refractivity contribution is 5.86. The number of hydrogen-bond acceptors (Lipinski definition) is 6. The number of carbonyl (C=O) groups excluding carboxylic acids is 2. The van der Waals surface area contributed by atoms with Gasteiger partial charge in [-0.05, 0) is 36.7 Å². The smallest absolute Gasteiger partial charge is 0.475 e. The molecule has 11 heteroatoms. The van der Waals surface area contributed by atoms with Gasteiger partial charge in [0.25, 0.3) is 0 Å². The zero-order valence-corrected chi connectivity index (χ0v) is 22.5. The number of aliphatic carboxylic acids is 1. The number of benzene rings is 2.